The highest BCUT2D eigenvalue weighted by atomic mass is 35.5. The summed E-state index contributed by atoms with van der Waals surface area (Å²) >= 11 is 6.01. The van der Waals surface area contributed by atoms with Crippen LogP contribution in [-0.2, 0) is 16.2 Å². The van der Waals surface area contributed by atoms with E-state index in [9.17, 15) is 4.79 Å². The van der Waals surface area contributed by atoms with E-state index in [1.807, 2.05) is 48.5 Å². The smallest absolute Gasteiger partial charge is 0.261 e. The third kappa shape index (κ3) is 3.24. The van der Waals surface area contributed by atoms with E-state index in [2.05, 4.69) is 5.32 Å². The molecule has 1 aliphatic heterocycles. The first kappa shape index (κ1) is 14.1. The molecule has 5 heteroatoms. The van der Waals surface area contributed by atoms with E-state index in [4.69, 9.17) is 16.4 Å². The number of rotatable bonds is 4. The summed E-state index contributed by atoms with van der Waals surface area (Å²) in [6, 6.07) is 17.2. The van der Waals surface area contributed by atoms with Gasteiger partial charge in [-0.25, -0.2) is 0 Å². The molecule has 1 atom stereocenters. The first-order valence-electron chi connectivity index (χ1n) is 6.72. The molecule has 3 rings (SSSR count). The van der Waals surface area contributed by atoms with Gasteiger partial charge < -0.3 is 0 Å². The van der Waals surface area contributed by atoms with Gasteiger partial charge in [0, 0.05) is 5.02 Å². The lowest BCUT2D eigenvalue weighted by Gasteiger charge is -2.23. The maximum absolute atomic E-state index is 12.0. The minimum Gasteiger partial charge on any atom is -0.283 e. The van der Waals surface area contributed by atoms with Crippen LogP contribution in [0.25, 0.3) is 0 Å². The number of carbonyl (C=O) groups excluding carboxylic acids is 1. The third-order valence-corrected chi connectivity index (χ3v) is 3.54. The van der Waals surface area contributed by atoms with Gasteiger partial charge in [-0.1, -0.05) is 54.1 Å². The van der Waals surface area contributed by atoms with Crippen LogP contribution in [0.5, 0.6) is 0 Å². The predicted octanol–water partition coefficient (Wildman–Crippen LogP) is 2.90. The van der Waals surface area contributed by atoms with Gasteiger partial charge in [0.15, 0.2) is 0 Å². The fourth-order valence-corrected chi connectivity index (χ4v) is 2.48. The standard InChI is InChI=1S/C16H15ClN2O2/c17-14-8-4-7-13(9-14)16-18-10-15(20)19(16)21-11-12-5-2-1-3-6-12/h1-9,16,18H,10-11H2. The molecule has 1 saturated heterocycles. The molecule has 0 aromatic heterocycles. The Labute approximate surface area is 128 Å². The maximum Gasteiger partial charge on any atom is 0.261 e. The molecule has 1 heterocycles. The molecule has 1 amide bonds. The molecule has 1 fully saturated rings. The lowest BCUT2D eigenvalue weighted by Crippen LogP contribution is -2.30. The summed E-state index contributed by atoms with van der Waals surface area (Å²) in [5.74, 6) is -0.0871. The van der Waals surface area contributed by atoms with Gasteiger partial charge >= 0.3 is 0 Å². The number of amides is 1. The third-order valence-electron chi connectivity index (χ3n) is 3.30. The molecule has 4 nitrogen and oxygen atoms in total. The van der Waals surface area contributed by atoms with Crippen molar-refractivity contribution >= 4 is 17.5 Å². The Morgan fingerprint density at radius 1 is 1.19 bits per heavy atom. The normalized spacial score (nSPS) is 18.2. The number of nitrogens with one attached hydrogen (secondary N) is 1. The summed E-state index contributed by atoms with van der Waals surface area (Å²) < 4.78 is 0. The monoisotopic (exact) mass is 302 g/mol. The Morgan fingerprint density at radius 2 is 2.00 bits per heavy atom. The first-order chi connectivity index (χ1) is 10.2. The van der Waals surface area contributed by atoms with E-state index < -0.39 is 0 Å². The first-order valence-corrected chi connectivity index (χ1v) is 7.09. The second-order valence-electron chi connectivity index (χ2n) is 4.82. The van der Waals surface area contributed by atoms with E-state index >= 15 is 0 Å². The zero-order chi connectivity index (χ0) is 14.7. The lowest BCUT2D eigenvalue weighted by atomic mass is 10.2. The van der Waals surface area contributed by atoms with E-state index in [-0.39, 0.29) is 18.6 Å². The Bertz CT molecular complexity index is 633. The van der Waals surface area contributed by atoms with Gasteiger partial charge in [0.1, 0.15) is 12.8 Å². The van der Waals surface area contributed by atoms with Crippen molar-refractivity contribution < 1.29 is 9.63 Å². The second kappa shape index (κ2) is 6.26. The fourth-order valence-electron chi connectivity index (χ4n) is 2.28. The summed E-state index contributed by atoms with van der Waals surface area (Å²) in [6.45, 7) is 0.608. The number of halogens is 1. The zero-order valence-electron chi connectivity index (χ0n) is 11.3. The van der Waals surface area contributed by atoms with Gasteiger partial charge in [-0.2, -0.15) is 5.06 Å². The van der Waals surface area contributed by atoms with Crippen molar-refractivity contribution in [1.29, 1.82) is 0 Å². The van der Waals surface area contributed by atoms with E-state index in [1.165, 1.54) is 5.06 Å². The molecule has 1 unspecified atom stereocenters. The van der Waals surface area contributed by atoms with Crippen LogP contribution < -0.4 is 5.32 Å². The lowest BCUT2D eigenvalue weighted by molar-refractivity contribution is -0.196. The average molecular weight is 303 g/mol. The maximum atomic E-state index is 12.0. The van der Waals surface area contributed by atoms with Crippen molar-refractivity contribution in [2.75, 3.05) is 6.54 Å². The van der Waals surface area contributed by atoms with Crippen LogP contribution >= 0.6 is 11.6 Å². The number of hydroxylamine groups is 2. The number of benzene rings is 2. The van der Waals surface area contributed by atoms with Gasteiger partial charge in [0.25, 0.3) is 5.91 Å². The highest BCUT2D eigenvalue weighted by Gasteiger charge is 2.33. The van der Waals surface area contributed by atoms with Crippen molar-refractivity contribution in [2.45, 2.75) is 12.8 Å². The Morgan fingerprint density at radius 3 is 2.76 bits per heavy atom. The van der Waals surface area contributed by atoms with Gasteiger partial charge in [0.2, 0.25) is 0 Å². The second-order valence-corrected chi connectivity index (χ2v) is 5.25. The van der Waals surface area contributed by atoms with Crippen LogP contribution in [0.4, 0.5) is 0 Å². The van der Waals surface area contributed by atoms with Crippen LogP contribution in [0.2, 0.25) is 5.02 Å². The highest BCUT2D eigenvalue weighted by molar-refractivity contribution is 6.30. The zero-order valence-corrected chi connectivity index (χ0v) is 12.1. The van der Waals surface area contributed by atoms with Crippen LogP contribution in [0.1, 0.15) is 17.3 Å². The quantitative estimate of drug-likeness (QED) is 0.944. The molecule has 21 heavy (non-hydrogen) atoms. The van der Waals surface area contributed by atoms with Gasteiger partial charge in [-0.15, -0.1) is 0 Å². The van der Waals surface area contributed by atoms with Crippen LogP contribution in [0.3, 0.4) is 0 Å². The molecule has 0 radical (unpaired) electrons. The number of nitrogens with zero attached hydrogens (tertiary/aromatic N) is 1. The molecule has 0 spiro atoms. The molecule has 2 aromatic rings. The molecule has 2 aromatic carbocycles. The summed E-state index contributed by atoms with van der Waals surface area (Å²) in [5.41, 5.74) is 1.92. The summed E-state index contributed by atoms with van der Waals surface area (Å²) in [7, 11) is 0. The van der Waals surface area contributed by atoms with E-state index in [1.54, 1.807) is 6.07 Å². The number of carbonyl (C=O) groups is 1. The predicted molar refractivity (Wildman–Crippen MR) is 80.3 cm³/mol. The Balaban J connectivity index is 1.74. The van der Waals surface area contributed by atoms with Gasteiger partial charge in [0.05, 0.1) is 6.54 Å². The Hall–Kier alpha value is -1.88. The van der Waals surface area contributed by atoms with Crippen molar-refractivity contribution in [3.63, 3.8) is 0 Å². The van der Waals surface area contributed by atoms with Crippen molar-refractivity contribution in [1.82, 2.24) is 10.4 Å². The van der Waals surface area contributed by atoms with Crippen LogP contribution in [0, 0.1) is 0 Å². The number of hydrogen-bond acceptors (Lipinski definition) is 3. The van der Waals surface area contributed by atoms with Crippen LogP contribution in [-0.4, -0.2) is 17.5 Å². The molecule has 0 bridgehead atoms. The minimum absolute atomic E-state index is 0.0871. The van der Waals surface area contributed by atoms with Crippen LogP contribution in [0.15, 0.2) is 54.6 Å². The minimum atomic E-state index is -0.306. The largest absolute Gasteiger partial charge is 0.283 e. The summed E-state index contributed by atoms with van der Waals surface area (Å²) in [5, 5.41) is 5.15. The topological polar surface area (TPSA) is 41.6 Å². The molecular formula is C16H15ClN2O2. The molecule has 1 N–H and O–H groups in total. The van der Waals surface area contributed by atoms with E-state index in [0.29, 0.717) is 11.6 Å². The van der Waals surface area contributed by atoms with Crippen molar-refractivity contribution in [2.24, 2.45) is 0 Å². The molecule has 1 aliphatic rings. The molecular weight excluding hydrogens is 288 g/mol. The van der Waals surface area contributed by atoms with Crippen molar-refractivity contribution in [3.8, 4) is 0 Å². The summed E-state index contributed by atoms with van der Waals surface area (Å²) in [6.07, 6.45) is -0.306. The highest BCUT2D eigenvalue weighted by Crippen LogP contribution is 2.25. The van der Waals surface area contributed by atoms with Gasteiger partial charge in [-0.3, -0.25) is 14.9 Å². The molecule has 0 saturated carbocycles. The molecule has 0 aliphatic carbocycles. The number of hydrogen-bond donors (Lipinski definition) is 1. The van der Waals surface area contributed by atoms with Crippen molar-refractivity contribution in [3.05, 3.63) is 70.7 Å². The average Bonchev–Trinajstić information content (AvgIpc) is 2.87. The molecule has 108 valence electrons. The fraction of sp³-hybridized carbons (Fsp3) is 0.188. The van der Waals surface area contributed by atoms with Gasteiger partial charge in [-0.05, 0) is 23.3 Å². The SMILES string of the molecule is O=C1CNC(c2cccc(Cl)c2)N1OCc1ccccc1. The Kier molecular flexibility index (Phi) is 4.20. The van der Waals surface area contributed by atoms with E-state index in [0.717, 1.165) is 11.1 Å². The summed E-state index contributed by atoms with van der Waals surface area (Å²) in [4.78, 5) is 17.7.